The Bertz CT molecular complexity index is 443. The van der Waals surface area contributed by atoms with Gasteiger partial charge in [-0.3, -0.25) is 4.79 Å². The molecule has 2 atom stereocenters. The third-order valence-corrected chi connectivity index (χ3v) is 4.32. The Labute approximate surface area is 126 Å². The summed E-state index contributed by atoms with van der Waals surface area (Å²) in [6.45, 7) is 3.87. The van der Waals surface area contributed by atoms with E-state index < -0.39 is 5.54 Å². The lowest BCUT2D eigenvalue weighted by atomic mass is 9.91. The van der Waals surface area contributed by atoms with Crippen LogP contribution >= 0.6 is 0 Å². The third-order valence-electron chi connectivity index (χ3n) is 4.32. The summed E-state index contributed by atoms with van der Waals surface area (Å²) in [5.41, 5.74) is 0.226. The van der Waals surface area contributed by atoms with Crippen molar-refractivity contribution >= 4 is 5.91 Å². The fourth-order valence-electron chi connectivity index (χ4n) is 2.88. The summed E-state index contributed by atoms with van der Waals surface area (Å²) in [7, 11) is 0. The first kappa shape index (κ1) is 16.0. The van der Waals surface area contributed by atoms with Crippen LogP contribution in [0.1, 0.15) is 38.2 Å². The summed E-state index contributed by atoms with van der Waals surface area (Å²) in [4.78, 5) is 12.2. The minimum absolute atomic E-state index is 0.0148. The van der Waals surface area contributed by atoms with Gasteiger partial charge in [-0.15, -0.1) is 0 Å². The van der Waals surface area contributed by atoms with E-state index in [1.165, 1.54) is 12.8 Å². The molecule has 116 valence electrons. The van der Waals surface area contributed by atoms with Gasteiger partial charge in [-0.2, -0.15) is 0 Å². The fraction of sp³-hybridized carbons (Fsp3) is 0.588. The van der Waals surface area contributed by atoms with Crippen molar-refractivity contribution in [1.29, 1.82) is 0 Å². The van der Waals surface area contributed by atoms with E-state index in [9.17, 15) is 9.90 Å². The molecular formula is C17H26N2O2. The smallest absolute Gasteiger partial charge is 0.220 e. The Morgan fingerprint density at radius 2 is 2.19 bits per heavy atom. The molecule has 1 heterocycles. The highest BCUT2D eigenvalue weighted by Crippen LogP contribution is 2.21. The molecule has 1 amide bonds. The zero-order valence-electron chi connectivity index (χ0n) is 12.8. The fourth-order valence-corrected chi connectivity index (χ4v) is 2.88. The molecular weight excluding hydrogens is 264 g/mol. The molecule has 2 rings (SSSR count). The first-order chi connectivity index (χ1) is 10.1. The van der Waals surface area contributed by atoms with Crippen molar-refractivity contribution in [2.24, 2.45) is 5.92 Å². The Kier molecular flexibility index (Phi) is 5.76. The third kappa shape index (κ3) is 4.55. The van der Waals surface area contributed by atoms with Crippen LogP contribution in [-0.4, -0.2) is 30.7 Å². The molecule has 0 aromatic heterocycles. The molecule has 1 fully saturated rings. The topological polar surface area (TPSA) is 61.4 Å². The van der Waals surface area contributed by atoms with Crippen molar-refractivity contribution < 1.29 is 9.90 Å². The molecule has 0 radical (unpaired) electrons. The average molecular weight is 290 g/mol. The zero-order valence-corrected chi connectivity index (χ0v) is 12.8. The molecule has 1 aromatic rings. The van der Waals surface area contributed by atoms with Gasteiger partial charge in [0.25, 0.3) is 0 Å². The van der Waals surface area contributed by atoms with Gasteiger partial charge in [-0.05, 0) is 50.8 Å². The van der Waals surface area contributed by atoms with Crippen LogP contribution in [0.5, 0.6) is 0 Å². The van der Waals surface area contributed by atoms with Crippen LogP contribution in [0.2, 0.25) is 0 Å². The van der Waals surface area contributed by atoms with Crippen LogP contribution in [0.15, 0.2) is 30.3 Å². The second-order valence-corrected chi connectivity index (χ2v) is 6.16. The molecule has 1 saturated heterocycles. The van der Waals surface area contributed by atoms with Gasteiger partial charge < -0.3 is 15.7 Å². The molecule has 0 spiro atoms. The molecule has 0 bridgehead atoms. The monoisotopic (exact) mass is 290 g/mol. The van der Waals surface area contributed by atoms with Crippen molar-refractivity contribution in [3.63, 3.8) is 0 Å². The number of carbonyl (C=O) groups excluding carboxylic acids is 1. The summed E-state index contributed by atoms with van der Waals surface area (Å²) in [5, 5.41) is 16.0. The Morgan fingerprint density at radius 3 is 2.81 bits per heavy atom. The van der Waals surface area contributed by atoms with E-state index >= 15 is 0 Å². The van der Waals surface area contributed by atoms with Gasteiger partial charge in [0.2, 0.25) is 5.91 Å². The SMILES string of the molecule is CC(CO)(NC(=O)CCC1CCCNC1)c1ccccc1. The number of amides is 1. The quantitative estimate of drug-likeness (QED) is 0.748. The zero-order chi connectivity index (χ0) is 15.1. The Morgan fingerprint density at radius 1 is 1.43 bits per heavy atom. The number of benzene rings is 1. The normalized spacial score (nSPS) is 21.5. The molecule has 1 aliphatic heterocycles. The van der Waals surface area contributed by atoms with E-state index in [0.717, 1.165) is 25.1 Å². The van der Waals surface area contributed by atoms with E-state index in [0.29, 0.717) is 12.3 Å². The lowest BCUT2D eigenvalue weighted by molar-refractivity contribution is -0.123. The first-order valence-electron chi connectivity index (χ1n) is 7.82. The van der Waals surface area contributed by atoms with E-state index in [1.807, 2.05) is 37.3 Å². The predicted molar refractivity (Wildman–Crippen MR) is 83.9 cm³/mol. The van der Waals surface area contributed by atoms with Crippen LogP contribution in [0.4, 0.5) is 0 Å². The van der Waals surface area contributed by atoms with Crippen LogP contribution in [0.25, 0.3) is 0 Å². The average Bonchev–Trinajstić information content (AvgIpc) is 2.54. The maximum absolute atomic E-state index is 12.2. The van der Waals surface area contributed by atoms with Gasteiger partial charge in [-0.1, -0.05) is 30.3 Å². The first-order valence-corrected chi connectivity index (χ1v) is 7.82. The molecule has 3 N–H and O–H groups in total. The van der Waals surface area contributed by atoms with Gasteiger partial charge in [0.1, 0.15) is 0 Å². The van der Waals surface area contributed by atoms with E-state index in [1.54, 1.807) is 0 Å². The van der Waals surface area contributed by atoms with Gasteiger partial charge in [0, 0.05) is 6.42 Å². The lowest BCUT2D eigenvalue weighted by Crippen LogP contribution is -2.46. The van der Waals surface area contributed by atoms with Crippen molar-refractivity contribution in [2.75, 3.05) is 19.7 Å². The number of rotatable bonds is 6. The second kappa shape index (κ2) is 7.57. The number of hydrogen-bond donors (Lipinski definition) is 3. The molecule has 4 nitrogen and oxygen atoms in total. The van der Waals surface area contributed by atoms with Crippen LogP contribution in [0, 0.1) is 5.92 Å². The summed E-state index contributed by atoms with van der Waals surface area (Å²) in [6.07, 6.45) is 3.84. The van der Waals surface area contributed by atoms with Crippen molar-refractivity contribution in [3.8, 4) is 0 Å². The highest BCUT2D eigenvalue weighted by atomic mass is 16.3. The van der Waals surface area contributed by atoms with Gasteiger partial charge >= 0.3 is 0 Å². The van der Waals surface area contributed by atoms with E-state index in [-0.39, 0.29) is 12.5 Å². The van der Waals surface area contributed by atoms with Gasteiger partial charge in [-0.25, -0.2) is 0 Å². The van der Waals surface area contributed by atoms with Crippen LogP contribution in [0.3, 0.4) is 0 Å². The number of aliphatic hydroxyl groups is 1. The number of nitrogens with one attached hydrogen (secondary N) is 2. The maximum Gasteiger partial charge on any atom is 0.220 e. The molecule has 0 aliphatic carbocycles. The summed E-state index contributed by atoms with van der Waals surface area (Å²) in [5.74, 6) is 0.614. The van der Waals surface area contributed by atoms with Crippen LogP contribution < -0.4 is 10.6 Å². The molecule has 1 aromatic carbocycles. The molecule has 1 aliphatic rings. The lowest BCUT2D eigenvalue weighted by Gasteiger charge is -2.30. The summed E-state index contributed by atoms with van der Waals surface area (Å²) >= 11 is 0. The number of carbonyl (C=O) groups is 1. The Balaban J connectivity index is 1.87. The standard InChI is InChI=1S/C17H26N2O2/c1-17(13-20,15-7-3-2-4-8-15)19-16(21)10-9-14-6-5-11-18-12-14/h2-4,7-8,14,18,20H,5-6,9-13H2,1H3,(H,19,21). The number of aliphatic hydroxyl groups excluding tert-OH is 1. The van der Waals surface area contributed by atoms with E-state index in [4.69, 9.17) is 0 Å². The Hall–Kier alpha value is -1.39. The summed E-state index contributed by atoms with van der Waals surface area (Å²) < 4.78 is 0. The molecule has 4 heteroatoms. The van der Waals surface area contributed by atoms with Gasteiger partial charge in [0.05, 0.1) is 12.1 Å². The largest absolute Gasteiger partial charge is 0.394 e. The highest BCUT2D eigenvalue weighted by molar-refractivity contribution is 5.77. The minimum atomic E-state index is -0.705. The minimum Gasteiger partial charge on any atom is -0.394 e. The van der Waals surface area contributed by atoms with E-state index in [2.05, 4.69) is 10.6 Å². The number of piperidine rings is 1. The van der Waals surface area contributed by atoms with Crippen molar-refractivity contribution in [3.05, 3.63) is 35.9 Å². The molecule has 21 heavy (non-hydrogen) atoms. The van der Waals surface area contributed by atoms with Crippen LogP contribution in [-0.2, 0) is 10.3 Å². The molecule has 2 unspecified atom stereocenters. The predicted octanol–water partition coefficient (Wildman–Crippen LogP) is 1.79. The second-order valence-electron chi connectivity index (χ2n) is 6.16. The van der Waals surface area contributed by atoms with Crippen molar-refractivity contribution in [2.45, 2.75) is 38.1 Å². The number of hydrogen-bond acceptors (Lipinski definition) is 3. The highest BCUT2D eigenvalue weighted by Gasteiger charge is 2.27. The maximum atomic E-state index is 12.2. The molecule has 0 saturated carbocycles. The van der Waals surface area contributed by atoms with Crippen molar-refractivity contribution in [1.82, 2.24) is 10.6 Å². The van der Waals surface area contributed by atoms with Gasteiger partial charge in [0.15, 0.2) is 0 Å². The summed E-state index contributed by atoms with van der Waals surface area (Å²) in [6, 6.07) is 9.63.